The van der Waals surface area contributed by atoms with Crippen molar-refractivity contribution in [3.8, 4) is 0 Å². The van der Waals surface area contributed by atoms with E-state index in [1.807, 2.05) is 11.4 Å². The van der Waals surface area contributed by atoms with Gasteiger partial charge in [-0.2, -0.15) is 4.98 Å². The molecule has 8 heteroatoms. The van der Waals surface area contributed by atoms with Gasteiger partial charge in [0.15, 0.2) is 0 Å². The molecule has 2 rings (SSSR count). The maximum absolute atomic E-state index is 11.5. The van der Waals surface area contributed by atoms with Crippen molar-refractivity contribution < 1.29 is 9.53 Å². The first-order valence-electron chi connectivity index (χ1n) is 6.21. The van der Waals surface area contributed by atoms with Crippen LogP contribution in [0.2, 0.25) is 0 Å². The molecule has 0 unspecified atom stereocenters. The van der Waals surface area contributed by atoms with Crippen LogP contribution >= 0.6 is 11.3 Å². The van der Waals surface area contributed by atoms with E-state index in [1.165, 1.54) is 11.3 Å². The summed E-state index contributed by atoms with van der Waals surface area (Å²) in [6.45, 7) is 1.52. The van der Waals surface area contributed by atoms with Gasteiger partial charge in [-0.1, -0.05) is 0 Å². The molecule has 2 aromatic rings. The van der Waals surface area contributed by atoms with Crippen LogP contribution in [-0.4, -0.2) is 42.7 Å². The largest absolute Gasteiger partial charge is 0.383 e. The molecule has 4 N–H and O–H groups in total. The Balaban J connectivity index is 1.86. The lowest BCUT2D eigenvalue weighted by molar-refractivity contribution is -0.121. The van der Waals surface area contributed by atoms with Crippen molar-refractivity contribution in [1.29, 1.82) is 0 Å². The molecule has 0 bridgehead atoms. The van der Waals surface area contributed by atoms with E-state index in [0.717, 1.165) is 10.2 Å². The summed E-state index contributed by atoms with van der Waals surface area (Å²) in [4.78, 5) is 20.7. The highest BCUT2D eigenvalue weighted by molar-refractivity contribution is 7.16. The minimum atomic E-state index is -0.0295. The number of anilines is 2. The number of methoxy groups -OCH3 is 1. The van der Waals surface area contributed by atoms with Gasteiger partial charge in [-0.3, -0.25) is 4.79 Å². The molecule has 2 aromatic heterocycles. The highest BCUT2D eigenvalue weighted by Gasteiger charge is 2.07. The Labute approximate surface area is 120 Å². The number of carbonyl (C=O) groups is 1. The lowest BCUT2D eigenvalue weighted by Gasteiger charge is -2.08. The zero-order valence-corrected chi connectivity index (χ0v) is 12.0. The molecule has 0 spiro atoms. The van der Waals surface area contributed by atoms with Gasteiger partial charge in [0.25, 0.3) is 0 Å². The number of nitrogens with one attached hydrogen (secondary N) is 2. The van der Waals surface area contributed by atoms with E-state index in [1.54, 1.807) is 7.11 Å². The van der Waals surface area contributed by atoms with Crippen molar-refractivity contribution in [1.82, 2.24) is 15.3 Å². The number of amides is 1. The van der Waals surface area contributed by atoms with E-state index >= 15 is 0 Å². The maximum atomic E-state index is 11.5. The minimum absolute atomic E-state index is 0.0295. The normalized spacial score (nSPS) is 10.7. The molecule has 0 aliphatic heterocycles. The number of ether oxygens (including phenoxy) is 1. The van der Waals surface area contributed by atoms with Gasteiger partial charge in [0, 0.05) is 26.6 Å². The molecule has 0 radical (unpaired) electrons. The second-order valence-corrected chi connectivity index (χ2v) is 4.98. The topological polar surface area (TPSA) is 102 Å². The first kappa shape index (κ1) is 14.5. The van der Waals surface area contributed by atoms with E-state index < -0.39 is 0 Å². The highest BCUT2D eigenvalue weighted by atomic mass is 32.1. The third-order valence-corrected chi connectivity index (χ3v) is 3.42. The van der Waals surface area contributed by atoms with Crippen LogP contribution in [0.3, 0.4) is 0 Å². The number of nitrogen functional groups attached to an aromatic ring is 1. The van der Waals surface area contributed by atoms with Crippen molar-refractivity contribution in [2.24, 2.45) is 0 Å². The molecule has 0 fully saturated rings. The fourth-order valence-corrected chi connectivity index (χ4v) is 2.45. The Morgan fingerprint density at radius 2 is 2.30 bits per heavy atom. The van der Waals surface area contributed by atoms with Crippen molar-refractivity contribution in [2.75, 3.05) is 37.9 Å². The maximum Gasteiger partial charge on any atom is 0.223 e. The van der Waals surface area contributed by atoms with Gasteiger partial charge in [-0.05, 0) is 11.4 Å². The van der Waals surface area contributed by atoms with Gasteiger partial charge in [0.1, 0.15) is 10.6 Å². The fraction of sp³-hybridized carbons (Fsp3) is 0.417. The van der Waals surface area contributed by atoms with Crippen LogP contribution in [-0.2, 0) is 9.53 Å². The number of carbonyl (C=O) groups excluding carboxylic acids is 1. The monoisotopic (exact) mass is 295 g/mol. The molecule has 7 nitrogen and oxygen atoms in total. The number of hydrogen-bond donors (Lipinski definition) is 3. The molecular weight excluding hydrogens is 278 g/mol. The Morgan fingerprint density at radius 1 is 1.45 bits per heavy atom. The predicted molar refractivity (Wildman–Crippen MR) is 79.8 cm³/mol. The van der Waals surface area contributed by atoms with Crippen LogP contribution in [0.5, 0.6) is 0 Å². The first-order chi connectivity index (χ1) is 9.70. The number of nitrogens with two attached hydrogens (primary N) is 1. The second kappa shape index (κ2) is 7.01. The molecule has 2 heterocycles. The minimum Gasteiger partial charge on any atom is -0.383 e. The summed E-state index contributed by atoms with van der Waals surface area (Å²) in [6.07, 6.45) is 0.360. The van der Waals surface area contributed by atoms with E-state index in [2.05, 4.69) is 20.6 Å². The summed E-state index contributed by atoms with van der Waals surface area (Å²) in [5.41, 5.74) is 5.65. The summed E-state index contributed by atoms with van der Waals surface area (Å²) in [6, 6.07) is 1.93. The van der Waals surface area contributed by atoms with Gasteiger partial charge in [0.05, 0.1) is 12.0 Å². The summed E-state index contributed by atoms with van der Waals surface area (Å²) in [5, 5.41) is 8.73. The lowest BCUT2D eigenvalue weighted by Crippen LogP contribution is -2.28. The van der Waals surface area contributed by atoms with Gasteiger partial charge < -0.3 is 21.1 Å². The molecule has 0 aliphatic carbocycles. The quantitative estimate of drug-likeness (QED) is 0.654. The van der Waals surface area contributed by atoms with E-state index in [0.29, 0.717) is 31.9 Å². The van der Waals surface area contributed by atoms with E-state index in [-0.39, 0.29) is 11.9 Å². The van der Waals surface area contributed by atoms with Crippen LogP contribution in [0, 0.1) is 0 Å². The van der Waals surface area contributed by atoms with Crippen molar-refractivity contribution >= 4 is 39.2 Å². The Hall–Kier alpha value is -1.93. The molecule has 0 aromatic carbocycles. The lowest BCUT2D eigenvalue weighted by atomic mass is 10.3. The van der Waals surface area contributed by atoms with E-state index in [9.17, 15) is 4.79 Å². The number of nitrogens with zero attached hydrogens (tertiary/aromatic N) is 2. The van der Waals surface area contributed by atoms with Gasteiger partial charge in [-0.25, -0.2) is 4.98 Å². The number of hydrogen-bond acceptors (Lipinski definition) is 7. The molecule has 0 saturated heterocycles. The Bertz CT molecular complexity index is 586. The van der Waals surface area contributed by atoms with Gasteiger partial charge >= 0.3 is 0 Å². The molecule has 20 heavy (non-hydrogen) atoms. The number of fused-ring (bicyclic) bond motifs is 1. The zero-order valence-electron chi connectivity index (χ0n) is 11.2. The predicted octanol–water partition coefficient (Wildman–Crippen LogP) is 0.838. The Morgan fingerprint density at radius 3 is 3.10 bits per heavy atom. The van der Waals surface area contributed by atoms with Crippen molar-refractivity contribution in [3.05, 3.63) is 11.4 Å². The third-order valence-electron chi connectivity index (χ3n) is 2.62. The zero-order chi connectivity index (χ0) is 14.4. The summed E-state index contributed by atoms with van der Waals surface area (Å²) < 4.78 is 4.86. The highest BCUT2D eigenvalue weighted by Crippen LogP contribution is 2.25. The van der Waals surface area contributed by atoms with Crippen LogP contribution < -0.4 is 16.4 Å². The van der Waals surface area contributed by atoms with Crippen LogP contribution in [0.25, 0.3) is 10.2 Å². The van der Waals surface area contributed by atoms with Gasteiger partial charge in [-0.15, -0.1) is 11.3 Å². The average molecular weight is 295 g/mol. The third kappa shape index (κ3) is 3.78. The molecule has 0 saturated carbocycles. The van der Waals surface area contributed by atoms with Crippen molar-refractivity contribution in [3.63, 3.8) is 0 Å². The second-order valence-electron chi connectivity index (χ2n) is 4.09. The fourth-order valence-electron chi connectivity index (χ4n) is 1.68. The average Bonchev–Trinajstić information content (AvgIpc) is 2.87. The van der Waals surface area contributed by atoms with Crippen LogP contribution in [0.4, 0.5) is 11.8 Å². The summed E-state index contributed by atoms with van der Waals surface area (Å²) in [7, 11) is 1.60. The van der Waals surface area contributed by atoms with Gasteiger partial charge in [0.2, 0.25) is 11.9 Å². The van der Waals surface area contributed by atoms with Crippen LogP contribution in [0.15, 0.2) is 11.4 Å². The SMILES string of the molecule is COCCNC(=O)CCNc1nc(N)nc2sccc12. The molecule has 1 amide bonds. The Kier molecular flexibility index (Phi) is 5.08. The standard InChI is InChI=1S/C12H17N5O2S/c1-19-6-5-14-9(18)2-4-15-10-8-3-7-20-11(8)17-12(13)16-10/h3,7H,2,4-6H2,1H3,(H,14,18)(H3,13,15,16,17). The molecular formula is C12H17N5O2S. The first-order valence-corrected chi connectivity index (χ1v) is 7.09. The molecule has 108 valence electrons. The summed E-state index contributed by atoms with van der Waals surface area (Å²) >= 11 is 1.50. The van der Waals surface area contributed by atoms with E-state index in [4.69, 9.17) is 10.5 Å². The van der Waals surface area contributed by atoms with Crippen molar-refractivity contribution in [2.45, 2.75) is 6.42 Å². The number of rotatable bonds is 7. The number of thiophene rings is 1. The molecule has 0 atom stereocenters. The van der Waals surface area contributed by atoms with Crippen LogP contribution in [0.1, 0.15) is 6.42 Å². The smallest absolute Gasteiger partial charge is 0.223 e. The number of aromatic nitrogens is 2. The summed E-state index contributed by atoms with van der Waals surface area (Å²) in [5.74, 6) is 0.864. The molecule has 0 aliphatic rings.